The number of pyridine rings is 1. The lowest BCUT2D eigenvalue weighted by molar-refractivity contribution is -0.138. The molecule has 0 saturated carbocycles. The van der Waals surface area contributed by atoms with Gasteiger partial charge in [-0.3, -0.25) is 24.1 Å². The third kappa shape index (κ3) is 9.18. The monoisotopic (exact) mass is 601 g/mol. The normalized spacial score (nSPS) is 16.4. The molecule has 0 radical (unpaired) electrons. The molecule has 16 heteroatoms. The van der Waals surface area contributed by atoms with Gasteiger partial charge in [0.15, 0.2) is 5.82 Å². The molecule has 4 amide bonds. The van der Waals surface area contributed by atoms with Crippen molar-refractivity contribution in [1.82, 2.24) is 41.6 Å². The number of nitrogens with one attached hydrogen (secondary N) is 4. The number of alkyl carbamates (subject to hydrolysis) is 1. The first-order chi connectivity index (χ1) is 20.3. The lowest BCUT2D eigenvalue weighted by Gasteiger charge is -2.31. The van der Waals surface area contributed by atoms with Crippen LogP contribution >= 0.6 is 0 Å². The summed E-state index contributed by atoms with van der Waals surface area (Å²) in [5.74, 6) is -2.75. The minimum absolute atomic E-state index is 0.165. The molecule has 2 aromatic heterocycles. The summed E-state index contributed by atoms with van der Waals surface area (Å²) in [5, 5.41) is 30.8. The highest BCUT2D eigenvalue weighted by Crippen LogP contribution is 2.31. The summed E-state index contributed by atoms with van der Waals surface area (Å²) >= 11 is 0. The number of aromatic amines is 1. The number of aliphatic carboxylic acids is 1. The summed E-state index contributed by atoms with van der Waals surface area (Å²) in [6.45, 7) is 8.82. The Morgan fingerprint density at radius 3 is 2.58 bits per heavy atom. The van der Waals surface area contributed by atoms with E-state index in [0.717, 1.165) is 0 Å². The molecule has 0 spiro atoms. The van der Waals surface area contributed by atoms with Gasteiger partial charge in [-0.2, -0.15) is 5.21 Å². The van der Waals surface area contributed by atoms with E-state index in [1.54, 1.807) is 39.8 Å². The van der Waals surface area contributed by atoms with Crippen LogP contribution in [0.3, 0.4) is 0 Å². The van der Waals surface area contributed by atoms with E-state index in [0.29, 0.717) is 24.2 Å². The van der Waals surface area contributed by atoms with Gasteiger partial charge in [0.1, 0.15) is 29.5 Å². The second kappa shape index (κ2) is 14.5. The fourth-order valence-electron chi connectivity index (χ4n) is 4.52. The summed E-state index contributed by atoms with van der Waals surface area (Å²) in [4.78, 5) is 70.4. The molecule has 2 aromatic rings. The van der Waals surface area contributed by atoms with Crippen LogP contribution in [0.15, 0.2) is 18.3 Å². The zero-order chi connectivity index (χ0) is 31.7. The summed E-state index contributed by atoms with van der Waals surface area (Å²) in [6.07, 6.45) is 0.947. The largest absolute Gasteiger partial charge is 0.481 e. The summed E-state index contributed by atoms with van der Waals surface area (Å²) < 4.78 is 5.31. The van der Waals surface area contributed by atoms with Gasteiger partial charge in [0, 0.05) is 32.0 Å². The van der Waals surface area contributed by atoms with E-state index in [1.165, 1.54) is 11.1 Å². The highest BCUT2D eigenvalue weighted by Gasteiger charge is 2.43. The number of amides is 4. The molecular weight excluding hydrogens is 562 g/mol. The first kappa shape index (κ1) is 32.9. The van der Waals surface area contributed by atoms with Crippen LogP contribution in [-0.4, -0.2) is 90.8 Å². The maximum absolute atomic E-state index is 14.1. The van der Waals surface area contributed by atoms with Gasteiger partial charge >= 0.3 is 12.1 Å². The highest BCUT2D eigenvalue weighted by atomic mass is 16.6. The van der Waals surface area contributed by atoms with Gasteiger partial charge < -0.3 is 25.8 Å². The van der Waals surface area contributed by atoms with Crippen molar-refractivity contribution in [2.45, 2.75) is 90.4 Å². The van der Waals surface area contributed by atoms with E-state index < -0.39 is 59.9 Å². The fraction of sp³-hybridized carbons (Fsp3) is 0.593. The smallest absolute Gasteiger partial charge is 0.408 e. The van der Waals surface area contributed by atoms with Crippen LogP contribution < -0.4 is 20.9 Å². The van der Waals surface area contributed by atoms with Gasteiger partial charge in [0.2, 0.25) is 11.8 Å². The predicted molar refractivity (Wildman–Crippen MR) is 152 cm³/mol. The minimum Gasteiger partial charge on any atom is -0.481 e. The Balaban J connectivity index is 1.84. The average molecular weight is 602 g/mol. The van der Waals surface area contributed by atoms with Gasteiger partial charge in [-0.1, -0.05) is 31.5 Å². The standard InChI is InChI=1S/C27H39N9O7/c1-6-15(2)21(31-26(42)43-27(3,4)5)24(40)30-17(9-10-20(37)38)25(41)36-18(14-16-8-7-12-28-22(16)36)23(39)29-13-11-19-32-34-35-33-19/h7-8,12,15,17-18,21H,6,9-11,13-14H2,1-5H3,(H,29,39)(H,30,40)(H,31,42)(H,37,38)(H,32,33,34,35)/t15-,17?,18?,21-/m0/s1. The number of carbonyl (C=O) groups excluding carboxylic acids is 4. The number of fused-ring (bicyclic) bond motifs is 1. The van der Waals surface area contributed by atoms with Gasteiger partial charge in [0.25, 0.3) is 5.91 Å². The second-order valence-corrected chi connectivity index (χ2v) is 11.3. The van der Waals surface area contributed by atoms with Crippen LogP contribution in [0, 0.1) is 5.92 Å². The molecule has 0 saturated heterocycles. The average Bonchev–Trinajstić information content (AvgIpc) is 3.60. The van der Waals surface area contributed by atoms with Crippen molar-refractivity contribution in [2.75, 3.05) is 11.4 Å². The first-order valence-corrected chi connectivity index (χ1v) is 14.1. The fourth-order valence-corrected chi connectivity index (χ4v) is 4.52. The number of carbonyl (C=O) groups is 5. The Morgan fingerprint density at radius 1 is 1.21 bits per heavy atom. The van der Waals surface area contributed by atoms with Crippen molar-refractivity contribution in [2.24, 2.45) is 5.92 Å². The van der Waals surface area contributed by atoms with E-state index in [2.05, 4.69) is 41.6 Å². The van der Waals surface area contributed by atoms with Crippen LogP contribution in [0.25, 0.3) is 0 Å². The van der Waals surface area contributed by atoms with Gasteiger partial charge in [-0.15, -0.1) is 10.2 Å². The van der Waals surface area contributed by atoms with Gasteiger partial charge in [0.05, 0.1) is 0 Å². The molecule has 2 unspecified atom stereocenters. The number of anilines is 1. The number of ether oxygens (including phenoxy) is 1. The third-order valence-electron chi connectivity index (χ3n) is 6.83. The van der Waals surface area contributed by atoms with Crippen LogP contribution in [-0.2, 0) is 36.8 Å². The van der Waals surface area contributed by atoms with Crippen LogP contribution in [0.4, 0.5) is 10.6 Å². The number of aromatic nitrogens is 5. The number of tetrazole rings is 1. The Kier molecular flexibility index (Phi) is 11.1. The van der Waals surface area contributed by atoms with Crippen molar-refractivity contribution < 1.29 is 33.8 Å². The van der Waals surface area contributed by atoms with Crippen LogP contribution in [0.1, 0.15) is 65.3 Å². The van der Waals surface area contributed by atoms with Crippen molar-refractivity contribution >= 4 is 35.6 Å². The number of carboxylic acids is 1. The molecule has 3 heterocycles. The first-order valence-electron chi connectivity index (χ1n) is 14.1. The Bertz CT molecular complexity index is 1300. The second-order valence-electron chi connectivity index (χ2n) is 11.3. The lowest BCUT2D eigenvalue weighted by Crippen LogP contribution is -2.59. The Labute approximate surface area is 248 Å². The number of hydrogen-bond donors (Lipinski definition) is 5. The third-order valence-corrected chi connectivity index (χ3v) is 6.83. The molecule has 43 heavy (non-hydrogen) atoms. The molecular formula is C27H39N9O7. The van der Waals surface area contributed by atoms with Crippen LogP contribution in [0.2, 0.25) is 0 Å². The molecule has 3 rings (SSSR count). The van der Waals surface area contributed by atoms with Crippen molar-refractivity contribution in [1.29, 1.82) is 0 Å². The van der Waals surface area contributed by atoms with E-state index in [4.69, 9.17) is 4.74 Å². The van der Waals surface area contributed by atoms with E-state index in [1.807, 2.05) is 6.92 Å². The maximum atomic E-state index is 14.1. The minimum atomic E-state index is -1.34. The van der Waals surface area contributed by atoms with Crippen molar-refractivity contribution in [3.05, 3.63) is 29.7 Å². The number of rotatable bonds is 13. The summed E-state index contributed by atoms with van der Waals surface area (Å²) in [5.41, 5.74) is -0.167. The lowest BCUT2D eigenvalue weighted by atomic mass is 9.97. The molecule has 0 fully saturated rings. The number of nitrogens with zero attached hydrogens (tertiary/aromatic N) is 5. The Hall–Kier alpha value is -4.63. The molecule has 234 valence electrons. The van der Waals surface area contributed by atoms with Crippen molar-refractivity contribution in [3.63, 3.8) is 0 Å². The molecule has 0 aromatic carbocycles. The van der Waals surface area contributed by atoms with E-state index in [-0.39, 0.29) is 31.1 Å². The molecule has 0 aliphatic carbocycles. The van der Waals surface area contributed by atoms with Gasteiger partial charge in [-0.25, -0.2) is 9.78 Å². The van der Waals surface area contributed by atoms with Crippen LogP contribution in [0.5, 0.6) is 0 Å². The maximum Gasteiger partial charge on any atom is 0.408 e. The quantitative estimate of drug-likeness (QED) is 0.213. The predicted octanol–water partition coefficient (Wildman–Crippen LogP) is 0.500. The highest BCUT2D eigenvalue weighted by molar-refractivity contribution is 6.06. The van der Waals surface area contributed by atoms with E-state index in [9.17, 15) is 29.1 Å². The topological polar surface area (TPSA) is 221 Å². The molecule has 1 aliphatic rings. The zero-order valence-electron chi connectivity index (χ0n) is 24.9. The number of H-pyrrole nitrogens is 1. The number of hydrogen-bond acceptors (Lipinski definition) is 10. The molecule has 5 N–H and O–H groups in total. The molecule has 16 nitrogen and oxygen atoms in total. The number of carboxylic acid groups (broad SMARTS) is 1. The Morgan fingerprint density at radius 2 is 1.95 bits per heavy atom. The summed E-state index contributed by atoms with van der Waals surface area (Å²) in [7, 11) is 0. The molecule has 1 aliphatic heterocycles. The van der Waals surface area contributed by atoms with Gasteiger partial charge in [-0.05, 0) is 44.7 Å². The van der Waals surface area contributed by atoms with E-state index >= 15 is 0 Å². The summed E-state index contributed by atoms with van der Waals surface area (Å²) in [6, 6.07) is 0.00776. The van der Waals surface area contributed by atoms with Crippen molar-refractivity contribution in [3.8, 4) is 0 Å². The zero-order valence-corrected chi connectivity index (χ0v) is 24.9. The SMILES string of the molecule is CC[C@H](C)[C@H](NC(=O)OC(C)(C)C)C(=O)NC(CCC(=O)O)C(=O)N1c2ncccc2CC1C(=O)NCCc1nn[nH]n1. The molecule has 4 atom stereocenters. The molecule has 0 bridgehead atoms.